The molecular weight excluding hydrogens is 264 g/mol. The fraction of sp³-hybridized carbons (Fsp3) is 0. The van der Waals surface area contributed by atoms with Crippen LogP contribution < -0.4 is 0 Å². The fourth-order valence-electron chi connectivity index (χ4n) is 1.43. The van der Waals surface area contributed by atoms with Crippen LogP contribution in [0.4, 0.5) is 0 Å². The number of aromatic nitrogens is 4. The Bertz CT molecular complexity index is 636. The molecule has 0 saturated heterocycles. The highest BCUT2D eigenvalue weighted by Crippen LogP contribution is 2.15. The second-order valence-corrected chi connectivity index (χ2v) is 5.24. The Morgan fingerprint density at radius 3 is 2.56 bits per heavy atom. The molecule has 4 aromatic heterocycles. The van der Waals surface area contributed by atoms with Crippen molar-refractivity contribution in [3.8, 4) is 0 Å². The monoisotopic (exact) mass is 272 g/mol. The largest absolute Gasteiger partial charge is 0.244 e. The number of fused-ring (bicyclic) bond motifs is 2. The minimum Gasteiger partial charge on any atom is -0.244 e. The summed E-state index contributed by atoms with van der Waals surface area (Å²) in [6, 6.07) is 4.00. The van der Waals surface area contributed by atoms with Gasteiger partial charge in [-0.05, 0) is 22.9 Å². The molecule has 0 N–H and O–H groups in total. The number of hydrogen-bond acceptors (Lipinski definition) is 6. The Morgan fingerprint density at radius 2 is 1.67 bits per heavy atom. The Kier molecular flexibility index (Phi) is 3.20. The third-order valence-corrected chi connectivity index (χ3v) is 3.94. The number of rotatable bonds is 0. The summed E-state index contributed by atoms with van der Waals surface area (Å²) in [5.74, 6) is 0. The van der Waals surface area contributed by atoms with E-state index in [1.54, 1.807) is 35.3 Å². The summed E-state index contributed by atoms with van der Waals surface area (Å²) in [6.45, 7) is 0. The first-order valence-electron chi connectivity index (χ1n) is 5.20. The van der Waals surface area contributed by atoms with Crippen LogP contribution in [-0.2, 0) is 0 Å². The Labute approximate surface area is 111 Å². The molecule has 0 aliphatic carbocycles. The predicted octanol–water partition coefficient (Wildman–Crippen LogP) is 3.38. The van der Waals surface area contributed by atoms with E-state index in [-0.39, 0.29) is 0 Å². The minimum atomic E-state index is 1.04. The van der Waals surface area contributed by atoms with E-state index in [9.17, 15) is 0 Å². The molecule has 0 radical (unpaired) electrons. The Hall–Kier alpha value is -1.92. The van der Waals surface area contributed by atoms with Crippen molar-refractivity contribution in [1.29, 1.82) is 0 Å². The van der Waals surface area contributed by atoms with Crippen LogP contribution in [0, 0.1) is 0 Å². The van der Waals surface area contributed by atoms with Gasteiger partial charge in [-0.25, -0.2) is 19.9 Å². The first-order chi connectivity index (χ1) is 8.93. The molecule has 0 unspecified atom stereocenters. The van der Waals surface area contributed by atoms with Crippen molar-refractivity contribution in [2.45, 2.75) is 0 Å². The summed E-state index contributed by atoms with van der Waals surface area (Å²) < 4.78 is 1.15. The van der Waals surface area contributed by atoms with E-state index >= 15 is 0 Å². The normalized spacial score (nSPS) is 10.2. The zero-order valence-corrected chi connectivity index (χ0v) is 10.9. The van der Waals surface area contributed by atoms with E-state index < -0.39 is 0 Å². The Morgan fingerprint density at radius 1 is 0.833 bits per heavy atom. The second kappa shape index (κ2) is 5.16. The molecule has 0 aromatic carbocycles. The molecule has 0 amide bonds. The van der Waals surface area contributed by atoms with Crippen LogP contribution >= 0.6 is 22.7 Å². The highest BCUT2D eigenvalue weighted by molar-refractivity contribution is 7.17. The highest BCUT2D eigenvalue weighted by atomic mass is 32.1. The van der Waals surface area contributed by atoms with Gasteiger partial charge < -0.3 is 0 Å². The molecule has 0 bridgehead atoms. The summed E-state index contributed by atoms with van der Waals surface area (Å²) in [5.41, 5.74) is 1.04. The van der Waals surface area contributed by atoms with E-state index in [0.717, 1.165) is 20.4 Å². The molecule has 0 saturated carbocycles. The molecular formula is C12H8N4S2. The van der Waals surface area contributed by atoms with Gasteiger partial charge in [-0.3, -0.25) is 0 Å². The number of hydrogen-bond donors (Lipinski definition) is 0. The van der Waals surface area contributed by atoms with Crippen molar-refractivity contribution < 1.29 is 0 Å². The van der Waals surface area contributed by atoms with Crippen LogP contribution in [0.3, 0.4) is 0 Å². The van der Waals surface area contributed by atoms with Gasteiger partial charge in [-0.15, -0.1) is 22.7 Å². The van der Waals surface area contributed by atoms with Gasteiger partial charge in [-0.2, -0.15) is 0 Å². The van der Waals surface area contributed by atoms with Gasteiger partial charge >= 0.3 is 0 Å². The van der Waals surface area contributed by atoms with Crippen LogP contribution in [0.15, 0.2) is 47.9 Å². The topological polar surface area (TPSA) is 51.6 Å². The molecule has 4 aromatic rings. The Balaban J connectivity index is 0.000000111. The van der Waals surface area contributed by atoms with E-state index in [2.05, 4.69) is 19.9 Å². The highest BCUT2D eigenvalue weighted by Gasteiger charge is 1.91. The molecule has 4 heterocycles. The lowest BCUT2D eigenvalue weighted by molar-refractivity contribution is 1.23. The van der Waals surface area contributed by atoms with Crippen molar-refractivity contribution >= 4 is 43.1 Å². The molecule has 0 fully saturated rings. The first kappa shape index (κ1) is 11.2. The maximum Gasteiger partial charge on any atom is 0.126 e. The third-order valence-electron chi connectivity index (χ3n) is 2.26. The summed E-state index contributed by atoms with van der Waals surface area (Å²) in [7, 11) is 0. The van der Waals surface area contributed by atoms with E-state index in [1.165, 1.54) is 0 Å². The zero-order valence-electron chi connectivity index (χ0n) is 9.22. The van der Waals surface area contributed by atoms with E-state index in [1.807, 2.05) is 35.3 Å². The van der Waals surface area contributed by atoms with Crippen LogP contribution in [0.1, 0.15) is 0 Å². The van der Waals surface area contributed by atoms with Crippen molar-refractivity contribution in [3.05, 3.63) is 47.9 Å². The fourth-order valence-corrected chi connectivity index (χ4v) is 2.84. The second-order valence-electron chi connectivity index (χ2n) is 3.40. The molecule has 4 rings (SSSR count). The summed E-state index contributed by atoms with van der Waals surface area (Å²) in [4.78, 5) is 16.9. The zero-order chi connectivity index (χ0) is 12.2. The molecule has 0 spiro atoms. The van der Waals surface area contributed by atoms with E-state index in [4.69, 9.17) is 0 Å². The van der Waals surface area contributed by atoms with Crippen LogP contribution in [0.5, 0.6) is 0 Å². The van der Waals surface area contributed by atoms with E-state index in [0.29, 0.717) is 0 Å². The van der Waals surface area contributed by atoms with Gasteiger partial charge in [0, 0.05) is 17.8 Å². The van der Waals surface area contributed by atoms with Crippen molar-refractivity contribution in [3.63, 3.8) is 0 Å². The minimum absolute atomic E-state index is 1.04. The van der Waals surface area contributed by atoms with Gasteiger partial charge in [0.2, 0.25) is 0 Å². The van der Waals surface area contributed by atoms with Crippen LogP contribution in [-0.4, -0.2) is 19.9 Å². The lowest BCUT2D eigenvalue weighted by atomic mass is 10.4. The molecule has 88 valence electrons. The van der Waals surface area contributed by atoms with Gasteiger partial charge in [0.15, 0.2) is 0 Å². The number of nitrogens with zero attached hydrogens (tertiary/aromatic N) is 4. The molecule has 0 atom stereocenters. The van der Waals surface area contributed by atoms with Gasteiger partial charge in [0.25, 0.3) is 0 Å². The molecule has 18 heavy (non-hydrogen) atoms. The SMILES string of the molecule is c1ncc2ccsc2n1.c1ncc2sccc2n1. The van der Waals surface area contributed by atoms with Crippen LogP contribution in [0.25, 0.3) is 20.4 Å². The first-order valence-corrected chi connectivity index (χ1v) is 6.96. The molecule has 6 heteroatoms. The lowest BCUT2D eigenvalue weighted by Gasteiger charge is -1.81. The predicted molar refractivity (Wildman–Crippen MR) is 74.8 cm³/mol. The number of thiophene rings is 2. The van der Waals surface area contributed by atoms with Gasteiger partial charge in [0.05, 0.1) is 10.2 Å². The maximum atomic E-state index is 4.05. The lowest BCUT2D eigenvalue weighted by Crippen LogP contribution is -1.72. The van der Waals surface area contributed by atoms with Crippen molar-refractivity contribution in [1.82, 2.24) is 19.9 Å². The standard InChI is InChI=1S/2C6H4N2S/c1-2-9-6-3-7-4-8-5(1)6;1-2-9-6-5(1)3-7-4-8-6/h2*1-4H. The van der Waals surface area contributed by atoms with Gasteiger partial charge in [0.1, 0.15) is 17.5 Å². The molecule has 0 aliphatic heterocycles. The van der Waals surface area contributed by atoms with Crippen molar-refractivity contribution in [2.24, 2.45) is 0 Å². The van der Waals surface area contributed by atoms with Gasteiger partial charge in [-0.1, -0.05) is 0 Å². The average molecular weight is 272 g/mol. The third kappa shape index (κ3) is 2.34. The van der Waals surface area contributed by atoms with Crippen molar-refractivity contribution in [2.75, 3.05) is 0 Å². The average Bonchev–Trinajstić information content (AvgIpc) is 3.08. The molecule has 0 aliphatic rings. The summed E-state index contributed by atoms with van der Waals surface area (Å²) >= 11 is 3.30. The van der Waals surface area contributed by atoms with Crippen LogP contribution in [0.2, 0.25) is 0 Å². The summed E-state index contributed by atoms with van der Waals surface area (Å²) in [6.07, 6.45) is 6.78. The smallest absolute Gasteiger partial charge is 0.126 e. The molecule has 4 nitrogen and oxygen atoms in total. The quantitative estimate of drug-likeness (QED) is 0.492. The summed E-state index contributed by atoms with van der Waals surface area (Å²) in [5, 5.41) is 5.15. The maximum absolute atomic E-state index is 4.05.